The molecule has 1 unspecified atom stereocenters. The van der Waals surface area contributed by atoms with Crippen LogP contribution < -0.4 is 5.32 Å². The van der Waals surface area contributed by atoms with Gasteiger partial charge in [-0.05, 0) is 25.0 Å². The summed E-state index contributed by atoms with van der Waals surface area (Å²) in [6.07, 6.45) is 0. The highest BCUT2D eigenvalue weighted by molar-refractivity contribution is 5.25. The van der Waals surface area contributed by atoms with Gasteiger partial charge in [0, 0.05) is 13.1 Å². The Balaban J connectivity index is 2.42. The Labute approximate surface area is 90.8 Å². The van der Waals surface area contributed by atoms with Crippen LogP contribution >= 0.6 is 0 Å². The third-order valence-corrected chi connectivity index (χ3v) is 2.42. The first-order valence-corrected chi connectivity index (χ1v) is 5.13. The molecule has 0 aliphatic carbocycles. The molecule has 0 spiro atoms. The van der Waals surface area contributed by atoms with Gasteiger partial charge < -0.3 is 15.5 Å². The minimum absolute atomic E-state index is 0.228. The van der Waals surface area contributed by atoms with E-state index < -0.39 is 5.60 Å². The Morgan fingerprint density at radius 1 is 1.33 bits per heavy atom. The molecule has 3 nitrogen and oxygen atoms in total. The minimum Gasteiger partial charge on any atom is -0.393 e. The number of aliphatic hydroxyl groups is 2. The van der Waals surface area contributed by atoms with Gasteiger partial charge in [0.05, 0.1) is 12.2 Å². The molecule has 0 aliphatic heterocycles. The monoisotopic (exact) mass is 209 g/mol. The SMILES string of the molecule is Cc1ccccc1CNCC(C)(O)CO. The van der Waals surface area contributed by atoms with Gasteiger partial charge in [0.2, 0.25) is 0 Å². The van der Waals surface area contributed by atoms with Crippen LogP contribution in [0.3, 0.4) is 0 Å². The highest BCUT2D eigenvalue weighted by Gasteiger charge is 2.17. The van der Waals surface area contributed by atoms with Gasteiger partial charge in [-0.25, -0.2) is 0 Å². The maximum atomic E-state index is 9.56. The van der Waals surface area contributed by atoms with Crippen molar-refractivity contribution in [1.29, 1.82) is 0 Å². The van der Waals surface area contributed by atoms with E-state index in [1.165, 1.54) is 11.1 Å². The fourth-order valence-electron chi connectivity index (χ4n) is 1.33. The average molecular weight is 209 g/mol. The molecule has 0 amide bonds. The zero-order valence-corrected chi connectivity index (χ0v) is 9.33. The van der Waals surface area contributed by atoms with Crippen molar-refractivity contribution in [3.63, 3.8) is 0 Å². The molecule has 0 fully saturated rings. The van der Waals surface area contributed by atoms with Crippen LogP contribution in [0.5, 0.6) is 0 Å². The van der Waals surface area contributed by atoms with Crippen LogP contribution in [-0.4, -0.2) is 29.0 Å². The van der Waals surface area contributed by atoms with Crippen LogP contribution in [0, 0.1) is 6.92 Å². The minimum atomic E-state index is -1.04. The standard InChI is InChI=1S/C12H19NO2/c1-10-5-3-4-6-11(10)7-13-8-12(2,15)9-14/h3-6,13-15H,7-9H2,1-2H3. The quantitative estimate of drug-likeness (QED) is 0.673. The molecule has 1 atom stereocenters. The van der Waals surface area contributed by atoms with Crippen LogP contribution in [0.15, 0.2) is 24.3 Å². The molecular weight excluding hydrogens is 190 g/mol. The third kappa shape index (κ3) is 4.00. The number of hydrogen-bond donors (Lipinski definition) is 3. The van der Waals surface area contributed by atoms with E-state index in [9.17, 15) is 5.11 Å². The van der Waals surface area contributed by atoms with Crippen molar-refractivity contribution in [2.45, 2.75) is 26.0 Å². The lowest BCUT2D eigenvalue weighted by Crippen LogP contribution is -2.40. The summed E-state index contributed by atoms with van der Waals surface area (Å²) >= 11 is 0. The van der Waals surface area contributed by atoms with Crippen molar-refractivity contribution in [3.8, 4) is 0 Å². The van der Waals surface area contributed by atoms with Gasteiger partial charge in [0.1, 0.15) is 0 Å². The fraction of sp³-hybridized carbons (Fsp3) is 0.500. The molecule has 0 saturated carbocycles. The van der Waals surface area contributed by atoms with E-state index in [-0.39, 0.29) is 6.61 Å². The zero-order valence-electron chi connectivity index (χ0n) is 9.33. The Morgan fingerprint density at radius 3 is 2.60 bits per heavy atom. The molecule has 0 radical (unpaired) electrons. The molecule has 0 aromatic heterocycles. The van der Waals surface area contributed by atoms with Crippen LogP contribution in [-0.2, 0) is 6.54 Å². The van der Waals surface area contributed by atoms with E-state index in [1.54, 1.807) is 6.92 Å². The van der Waals surface area contributed by atoms with Crippen molar-refractivity contribution in [1.82, 2.24) is 5.32 Å². The Bertz CT molecular complexity index is 310. The first-order valence-electron chi connectivity index (χ1n) is 5.13. The summed E-state index contributed by atoms with van der Waals surface area (Å²) in [5, 5.41) is 21.5. The topological polar surface area (TPSA) is 52.5 Å². The predicted molar refractivity (Wildman–Crippen MR) is 60.6 cm³/mol. The molecule has 84 valence electrons. The number of aliphatic hydroxyl groups excluding tert-OH is 1. The molecular formula is C12H19NO2. The second kappa shape index (κ2) is 5.26. The summed E-state index contributed by atoms with van der Waals surface area (Å²) in [5.74, 6) is 0. The number of rotatable bonds is 5. The molecule has 15 heavy (non-hydrogen) atoms. The summed E-state index contributed by atoms with van der Waals surface area (Å²) in [5.41, 5.74) is 1.41. The molecule has 0 heterocycles. The summed E-state index contributed by atoms with van der Waals surface area (Å²) < 4.78 is 0. The lowest BCUT2D eigenvalue weighted by Gasteiger charge is -2.20. The molecule has 1 aromatic rings. The summed E-state index contributed by atoms with van der Waals surface area (Å²) in [4.78, 5) is 0. The van der Waals surface area contributed by atoms with Crippen LogP contribution in [0.2, 0.25) is 0 Å². The molecule has 0 saturated heterocycles. The van der Waals surface area contributed by atoms with Gasteiger partial charge in [0.15, 0.2) is 0 Å². The van der Waals surface area contributed by atoms with Gasteiger partial charge >= 0.3 is 0 Å². The number of nitrogens with one attached hydrogen (secondary N) is 1. The normalized spacial score (nSPS) is 14.9. The number of hydrogen-bond acceptors (Lipinski definition) is 3. The largest absolute Gasteiger partial charge is 0.393 e. The molecule has 1 aromatic carbocycles. The van der Waals surface area contributed by atoms with E-state index in [2.05, 4.69) is 24.4 Å². The van der Waals surface area contributed by atoms with E-state index in [4.69, 9.17) is 5.11 Å². The smallest absolute Gasteiger partial charge is 0.0972 e. The van der Waals surface area contributed by atoms with Crippen molar-refractivity contribution < 1.29 is 10.2 Å². The molecule has 0 aliphatic rings. The highest BCUT2D eigenvalue weighted by atomic mass is 16.3. The Hall–Kier alpha value is -0.900. The first-order chi connectivity index (χ1) is 7.05. The highest BCUT2D eigenvalue weighted by Crippen LogP contribution is 2.07. The predicted octanol–water partition coefficient (Wildman–Crippen LogP) is 0.828. The maximum absolute atomic E-state index is 9.56. The lowest BCUT2D eigenvalue weighted by molar-refractivity contribution is 0.00253. The molecule has 3 N–H and O–H groups in total. The van der Waals surface area contributed by atoms with Crippen molar-refractivity contribution in [2.75, 3.05) is 13.2 Å². The first kappa shape index (κ1) is 12.2. The maximum Gasteiger partial charge on any atom is 0.0972 e. The van der Waals surface area contributed by atoms with Crippen molar-refractivity contribution >= 4 is 0 Å². The third-order valence-electron chi connectivity index (χ3n) is 2.42. The summed E-state index contributed by atoms with van der Waals surface area (Å²) in [6.45, 7) is 4.54. The zero-order chi connectivity index (χ0) is 11.3. The lowest BCUT2D eigenvalue weighted by atomic mass is 10.1. The van der Waals surface area contributed by atoms with Gasteiger partial charge in [-0.15, -0.1) is 0 Å². The van der Waals surface area contributed by atoms with Gasteiger partial charge in [-0.1, -0.05) is 24.3 Å². The van der Waals surface area contributed by atoms with E-state index in [0.717, 1.165) is 0 Å². The van der Waals surface area contributed by atoms with Crippen LogP contribution in [0.1, 0.15) is 18.1 Å². The van der Waals surface area contributed by atoms with Gasteiger partial charge in [-0.3, -0.25) is 0 Å². The van der Waals surface area contributed by atoms with Crippen molar-refractivity contribution in [2.24, 2.45) is 0 Å². The second-order valence-corrected chi connectivity index (χ2v) is 4.19. The van der Waals surface area contributed by atoms with Crippen molar-refractivity contribution in [3.05, 3.63) is 35.4 Å². The Morgan fingerprint density at radius 2 is 2.00 bits per heavy atom. The average Bonchev–Trinajstić information content (AvgIpc) is 2.21. The molecule has 1 rings (SSSR count). The molecule has 3 heteroatoms. The van der Waals surface area contributed by atoms with Gasteiger partial charge in [-0.2, -0.15) is 0 Å². The van der Waals surface area contributed by atoms with E-state index >= 15 is 0 Å². The van der Waals surface area contributed by atoms with E-state index in [0.29, 0.717) is 13.1 Å². The van der Waals surface area contributed by atoms with Gasteiger partial charge in [0.25, 0.3) is 0 Å². The summed E-state index contributed by atoms with van der Waals surface area (Å²) in [7, 11) is 0. The summed E-state index contributed by atoms with van der Waals surface area (Å²) in [6, 6.07) is 8.11. The Kier molecular flexibility index (Phi) is 4.27. The number of benzene rings is 1. The fourth-order valence-corrected chi connectivity index (χ4v) is 1.33. The van der Waals surface area contributed by atoms with Crippen LogP contribution in [0.4, 0.5) is 0 Å². The second-order valence-electron chi connectivity index (χ2n) is 4.19. The van der Waals surface area contributed by atoms with E-state index in [1.807, 2.05) is 12.1 Å². The van der Waals surface area contributed by atoms with Crippen LogP contribution in [0.25, 0.3) is 0 Å². The molecule has 0 bridgehead atoms. The number of aryl methyl sites for hydroxylation is 1.